The van der Waals surface area contributed by atoms with Gasteiger partial charge in [0.2, 0.25) is 0 Å². The average Bonchev–Trinajstić information content (AvgIpc) is 2.47. The summed E-state index contributed by atoms with van der Waals surface area (Å²) in [6.07, 6.45) is 3.83. The van der Waals surface area contributed by atoms with Gasteiger partial charge in [0.05, 0.1) is 6.61 Å². The Kier molecular flexibility index (Phi) is 8.56. The van der Waals surface area contributed by atoms with Crippen molar-refractivity contribution in [2.45, 2.75) is 46.0 Å². The first-order valence-corrected chi connectivity index (χ1v) is 7.98. The van der Waals surface area contributed by atoms with Gasteiger partial charge < -0.3 is 10.1 Å². The minimum atomic E-state index is 0.609. The van der Waals surface area contributed by atoms with Crippen LogP contribution in [0.5, 0.6) is 0 Å². The first-order chi connectivity index (χ1) is 9.72. The maximum Gasteiger partial charge on any atom is 0.0587 e. The molecule has 0 fully saturated rings. The molecular formula is C18H31NO. The van der Waals surface area contributed by atoms with Gasteiger partial charge in [-0.15, -0.1) is 0 Å². The van der Waals surface area contributed by atoms with E-state index < -0.39 is 0 Å². The lowest BCUT2D eigenvalue weighted by atomic mass is 9.84. The molecule has 1 unspecified atom stereocenters. The molecule has 1 aromatic rings. The summed E-state index contributed by atoms with van der Waals surface area (Å²) in [5.74, 6) is 1.43. The third-order valence-corrected chi connectivity index (χ3v) is 4.27. The van der Waals surface area contributed by atoms with E-state index in [9.17, 15) is 0 Å². The number of methoxy groups -OCH3 is 1. The molecule has 0 aliphatic rings. The van der Waals surface area contributed by atoms with Gasteiger partial charge in [0.1, 0.15) is 0 Å². The van der Waals surface area contributed by atoms with Crippen LogP contribution < -0.4 is 5.32 Å². The van der Waals surface area contributed by atoms with Crippen LogP contribution in [0.15, 0.2) is 24.3 Å². The summed E-state index contributed by atoms with van der Waals surface area (Å²) in [4.78, 5) is 0. The van der Waals surface area contributed by atoms with E-state index in [1.165, 1.54) is 30.4 Å². The highest BCUT2D eigenvalue weighted by Gasteiger charge is 2.17. The van der Waals surface area contributed by atoms with Gasteiger partial charge in [-0.25, -0.2) is 0 Å². The lowest BCUT2D eigenvalue weighted by Gasteiger charge is -2.24. The number of hydrogen-bond donors (Lipinski definition) is 1. The van der Waals surface area contributed by atoms with Crippen LogP contribution in [0.4, 0.5) is 0 Å². The number of rotatable bonds is 10. The highest BCUT2D eigenvalue weighted by molar-refractivity contribution is 5.29. The molecule has 20 heavy (non-hydrogen) atoms. The molecule has 1 atom stereocenters. The molecule has 0 aliphatic carbocycles. The summed E-state index contributed by atoms with van der Waals surface area (Å²) in [5, 5.41) is 3.54. The number of hydrogen-bond acceptors (Lipinski definition) is 2. The van der Waals surface area contributed by atoms with Crippen molar-refractivity contribution in [3.8, 4) is 0 Å². The van der Waals surface area contributed by atoms with Crippen molar-refractivity contribution < 1.29 is 4.74 Å². The Morgan fingerprint density at radius 2 is 1.85 bits per heavy atom. The fraction of sp³-hybridized carbons (Fsp3) is 0.667. The van der Waals surface area contributed by atoms with Crippen LogP contribution in [-0.2, 0) is 4.74 Å². The van der Waals surface area contributed by atoms with Crippen molar-refractivity contribution in [3.63, 3.8) is 0 Å². The minimum absolute atomic E-state index is 0.609. The first-order valence-electron chi connectivity index (χ1n) is 7.98. The van der Waals surface area contributed by atoms with E-state index in [0.29, 0.717) is 5.92 Å². The van der Waals surface area contributed by atoms with Crippen molar-refractivity contribution in [3.05, 3.63) is 35.4 Å². The van der Waals surface area contributed by atoms with Crippen LogP contribution in [0.25, 0.3) is 0 Å². The molecule has 0 saturated heterocycles. The SMILES string of the molecule is CCC(CC)CC(CNCCOC)c1ccccc1C. The molecule has 0 aliphatic heterocycles. The fourth-order valence-corrected chi connectivity index (χ4v) is 2.84. The number of benzene rings is 1. The molecule has 0 heterocycles. The largest absolute Gasteiger partial charge is 0.383 e. The van der Waals surface area contributed by atoms with Crippen LogP contribution in [-0.4, -0.2) is 26.8 Å². The second-order valence-electron chi connectivity index (χ2n) is 5.67. The first kappa shape index (κ1) is 17.2. The standard InChI is InChI=1S/C18H31NO/c1-5-16(6-2)13-17(14-19-11-12-20-4)18-10-8-7-9-15(18)3/h7-10,16-17,19H,5-6,11-14H2,1-4H3. The zero-order valence-electron chi connectivity index (χ0n) is 13.6. The molecule has 2 heteroatoms. The van der Waals surface area contributed by atoms with Gasteiger partial charge in [0.25, 0.3) is 0 Å². The molecule has 0 bridgehead atoms. The lowest BCUT2D eigenvalue weighted by molar-refractivity contribution is 0.198. The Balaban J connectivity index is 2.70. The Bertz CT molecular complexity index is 360. The summed E-state index contributed by atoms with van der Waals surface area (Å²) >= 11 is 0. The van der Waals surface area contributed by atoms with E-state index in [1.807, 2.05) is 0 Å². The second kappa shape index (κ2) is 9.95. The van der Waals surface area contributed by atoms with Crippen LogP contribution in [0.3, 0.4) is 0 Å². The summed E-state index contributed by atoms with van der Waals surface area (Å²) in [6, 6.07) is 8.81. The third-order valence-electron chi connectivity index (χ3n) is 4.27. The van der Waals surface area contributed by atoms with Crippen LogP contribution in [0.1, 0.15) is 50.2 Å². The molecule has 0 spiro atoms. The Morgan fingerprint density at radius 1 is 1.15 bits per heavy atom. The number of ether oxygens (including phenoxy) is 1. The number of aryl methyl sites for hydroxylation is 1. The van der Waals surface area contributed by atoms with Gasteiger partial charge in [-0.1, -0.05) is 51.0 Å². The highest BCUT2D eigenvalue weighted by atomic mass is 16.5. The smallest absolute Gasteiger partial charge is 0.0587 e. The van der Waals surface area contributed by atoms with E-state index in [2.05, 4.69) is 50.4 Å². The molecular weight excluding hydrogens is 246 g/mol. The molecule has 0 aromatic heterocycles. The monoisotopic (exact) mass is 277 g/mol. The second-order valence-corrected chi connectivity index (χ2v) is 5.67. The maximum atomic E-state index is 5.11. The van der Waals surface area contributed by atoms with E-state index in [1.54, 1.807) is 7.11 Å². The molecule has 0 amide bonds. The molecule has 0 radical (unpaired) electrons. The Morgan fingerprint density at radius 3 is 2.45 bits per heavy atom. The van der Waals surface area contributed by atoms with Gasteiger partial charge in [0.15, 0.2) is 0 Å². The molecule has 114 valence electrons. The topological polar surface area (TPSA) is 21.3 Å². The van der Waals surface area contributed by atoms with Gasteiger partial charge in [-0.05, 0) is 36.3 Å². The van der Waals surface area contributed by atoms with E-state index >= 15 is 0 Å². The van der Waals surface area contributed by atoms with Gasteiger partial charge in [-0.3, -0.25) is 0 Å². The maximum absolute atomic E-state index is 5.11. The fourth-order valence-electron chi connectivity index (χ4n) is 2.84. The van der Waals surface area contributed by atoms with Crippen molar-refractivity contribution >= 4 is 0 Å². The zero-order valence-corrected chi connectivity index (χ0v) is 13.6. The van der Waals surface area contributed by atoms with Crippen LogP contribution in [0, 0.1) is 12.8 Å². The van der Waals surface area contributed by atoms with Crippen molar-refractivity contribution in [1.82, 2.24) is 5.32 Å². The lowest BCUT2D eigenvalue weighted by Crippen LogP contribution is -2.26. The van der Waals surface area contributed by atoms with Gasteiger partial charge >= 0.3 is 0 Å². The summed E-state index contributed by atoms with van der Waals surface area (Å²) < 4.78 is 5.11. The average molecular weight is 277 g/mol. The predicted octanol–water partition coefficient (Wildman–Crippen LogP) is 4.14. The van der Waals surface area contributed by atoms with Crippen LogP contribution in [0.2, 0.25) is 0 Å². The molecule has 1 N–H and O–H groups in total. The quantitative estimate of drug-likeness (QED) is 0.649. The Hall–Kier alpha value is -0.860. The highest BCUT2D eigenvalue weighted by Crippen LogP contribution is 2.28. The minimum Gasteiger partial charge on any atom is -0.383 e. The summed E-state index contributed by atoms with van der Waals surface area (Å²) in [6.45, 7) is 9.60. The molecule has 1 aromatic carbocycles. The van der Waals surface area contributed by atoms with Crippen molar-refractivity contribution in [2.75, 3.05) is 26.8 Å². The third kappa shape index (κ3) is 5.64. The molecule has 2 nitrogen and oxygen atoms in total. The zero-order chi connectivity index (χ0) is 14.8. The van der Waals surface area contributed by atoms with Crippen LogP contribution >= 0.6 is 0 Å². The van der Waals surface area contributed by atoms with E-state index in [-0.39, 0.29) is 0 Å². The van der Waals surface area contributed by atoms with Gasteiger partial charge in [-0.2, -0.15) is 0 Å². The van der Waals surface area contributed by atoms with Crippen molar-refractivity contribution in [1.29, 1.82) is 0 Å². The van der Waals surface area contributed by atoms with E-state index in [4.69, 9.17) is 4.74 Å². The normalized spacial score (nSPS) is 12.8. The molecule has 1 rings (SSSR count). The summed E-state index contributed by atoms with van der Waals surface area (Å²) in [7, 11) is 1.75. The Labute approximate surface area is 124 Å². The summed E-state index contributed by atoms with van der Waals surface area (Å²) in [5.41, 5.74) is 2.92. The van der Waals surface area contributed by atoms with E-state index in [0.717, 1.165) is 25.6 Å². The number of nitrogens with one attached hydrogen (secondary N) is 1. The van der Waals surface area contributed by atoms with Gasteiger partial charge in [0, 0.05) is 20.2 Å². The van der Waals surface area contributed by atoms with Crippen molar-refractivity contribution in [2.24, 2.45) is 5.92 Å². The molecule has 0 saturated carbocycles. The predicted molar refractivity (Wildman–Crippen MR) is 87.4 cm³/mol.